The number of nitrogens with one attached hydrogen (secondary N) is 1. The highest BCUT2D eigenvalue weighted by atomic mass is 16.5. The van der Waals surface area contributed by atoms with Crippen molar-refractivity contribution in [2.75, 3.05) is 23.4 Å². The maximum atomic E-state index is 12.9. The minimum absolute atomic E-state index is 0.0557. The third-order valence-corrected chi connectivity index (χ3v) is 4.99. The Kier molecular flexibility index (Phi) is 5.45. The molecule has 1 aliphatic heterocycles. The summed E-state index contributed by atoms with van der Waals surface area (Å²) in [5.41, 5.74) is 3.50. The molecular weight excluding hydrogens is 352 g/mol. The molecule has 0 radical (unpaired) electrons. The minimum Gasteiger partial charge on any atom is -0.490 e. The fourth-order valence-electron chi connectivity index (χ4n) is 3.44. The number of ether oxygens (including phenoxy) is 1. The van der Waals surface area contributed by atoms with E-state index in [2.05, 4.69) is 5.32 Å². The van der Waals surface area contributed by atoms with Crippen LogP contribution in [0.25, 0.3) is 0 Å². The monoisotopic (exact) mass is 380 g/mol. The normalized spacial score (nSPS) is 15.5. The molecule has 0 fully saturated rings. The number of anilines is 2. The van der Waals surface area contributed by atoms with Gasteiger partial charge in [0.1, 0.15) is 12.4 Å². The van der Waals surface area contributed by atoms with Crippen LogP contribution in [0.5, 0.6) is 5.75 Å². The van der Waals surface area contributed by atoms with E-state index < -0.39 is 5.41 Å². The van der Waals surface area contributed by atoms with Crippen LogP contribution >= 0.6 is 0 Å². The zero-order valence-corrected chi connectivity index (χ0v) is 17.3. The average Bonchev–Trinajstić information content (AvgIpc) is 2.72. The van der Waals surface area contributed by atoms with Gasteiger partial charge in [-0.25, -0.2) is 0 Å². The Hall–Kier alpha value is -2.82. The number of nitrogens with zero attached hydrogens (tertiary/aromatic N) is 1. The van der Waals surface area contributed by atoms with Gasteiger partial charge in [0.05, 0.1) is 11.1 Å². The number of fused-ring (bicyclic) bond motifs is 1. The predicted molar refractivity (Wildman–Crippen MR) is 112 cm³/mol. The van der Waals surface area contributed by atoms with Gasteiger partial charge in [-0.2, -0.15) is 0 Å². The summed E-state index contributed by atoms with van der Waals surface area (Å²) in [6.07, 6.45) is 0.854. The number of rotatable bonds is 4. The largest absolute Gasteiger partial charge is 0.490 e. The number of hydrogen-bond acceptors (Lipinski definition) is 3. The van der Waals surface area contributed by atoms with Crippen molar-refractivity contribution < 1.29 is 14.3 Å². The molecule has 2 aromatic carbocycles. The molecular formula is C23H28N2O3. The Bertz CT molecular complexity index is 918. The van der Waals surface area contributed by atoms with Gasteiger partial charge in [0.15, 0.2) is 0 Å². The van der Waals surface area contributed by atoms with E-state index in [1.807, 2.05) is 65.0 Å². The van der Waals surface area contributed by atoms with Crippen molar-refractivity contribution in [3.05, 3.63) is 53.1 Å². The van der Waals surface area contributed by atoms with E-state index in [-0.39, 0.29) is 11.8 Å². The lowest BCUT2D eigenvalue weighted by Crippen LogP contribution is -2.42. The summed E-state index contributed by atoms with van der Waals surface area (Å²) in [4.78, 5) is 27.4. The predicted octanol–water partition coefficient (Wildman–Crippen LogP) is 4.72. The molecule has 0 aromatic heterocycles. The molecule has 1 heterocycles. The molecule has 2 amide bonds. The van der Waals surface area contributed by atoms with Crippen LogP contribution in [0.3, 0.4) is 0 Å². The van der Waals surface area contributed by atoms with Crippen molar-refractivity contribution in [2.24, 2.45) is 5.41 Å². The second-order valence-electron chi connectivity index (χ2n) is 8.08. The van der Waals surface area contributed by atoms with Crippen LogP contribution in [0.4, 0.5) is 11.4 Å². The first-order valence-corrected chi connectivity index (χ1v) is 9.70. The minimum atomic E-state index is -0.601. The van der Waals surface area contributed by atoms with E-state index in [4.69, 9.17) is 4.74 Å². The first-order chi connectivity index (χ1) is 13.2. The Morgan fingerprint density at radius 3 is 2.61 bits per heavy atom. The molecule has 0 saturated heterocycles. The van der Waals surface area contributed by atoms with E-state index in [0.717, 1.165) is 23.2 Å². The summed E-state index contributed by atoms with van der Waals surface area (Å²) in [5.74, 6) is 0.513. The van der Waals surface area contributed by atoms with Crippen molar-refractivity contribution in [1.82, 2.24) is 0 Å². The standard InChI is InChI=1S/C23H28N2O3/c1-6-11-25-19-10-8-17(13-20(19)28-14-23(4,5)22(25)27)24-21(26)18-9-7-15(2)12-16(18)3/h7-10,12-13H,6,11,14H2,1-5H3,(H,24,26). The van der Waals surface area contributed by atoms with Gasteiger partial charge in [-0.3, -0.25) is 9.59 Å². The fourth-order valence-corrected chi connectivity index (χ4v) is 3.44. The van der Waals surface area contributed by atoms with Gasteiger partial charge >= 0.3 is 0 Å². The number of hydrogen-bond donors (Lipinski definition) is 1. The van der Waals surface area contributed by atoms with Gasteiger partial charge in [-0.1, -0.05) is 24.6 Å². The highest BCUT2D eigenvalue weighted by molar-refractivity contribution is 6.06. The van der Waals surface area contributed by atoms with Crippen LogP contribution < -0.4 is 15.0 Å². The lowest BCUT2D eigenvalue weighted by atomic mass is 9.93. The number of benzene rings is 2. The molecule has 5 heteroatoms. The maximum Gasteiger partial charge on any atom is 0.255 e. The van der Waals surface area contributed by atoms with Gasteiger partial charge in [0.25, 0.3) is 5.91 Å². The SMILES string of the molecule is CCCN1C(=O)C(C)(C)COc2cc(NC(=O)c3ccc(C)cc3C)ccc21. The van der Waals surface area contributed by atoms with Crippen molar-refractivity contribution in [3.8, 4) is 5.75 Å². The molecule has 28 heavy (non-hydrogen) atoms. The zero-order chi connectivity index (χ0) is 20.5. The summed E-state index contributed by atoms with van der Waals surface area (Å²) >= 11 is 0. The van der Waals surface area contributed by atoms with E-state index in [9.17, 15) is 9.59 Å². The van der Waals surface area contributed by atoms with Crippen LogP contribution in [0, 0.1) is 19.3 Å². The van der Waals surface area contributed by atoms with Crippen LogP contribution in [-0.4, -0.2) is 25.0 Å². The summed E-state index contributed by atoms with van der Waals surface area (Å²) in [5, 5.41) is 2.95. The summed E-state index contributed by atoms with van der Waals surface area (Å²) in [6, 6.07) is 11.2. The summed E-state index contributed by atoms with van der Waals surface area (Å²) in [6.45, 7) is 10.7. The highest BCUT2D eigenvalue weighted by Gasteiger charge is 2.37. The molecule has 0 unspecified atom stereocenters. The molecule has 0 atom stereocenters. The third-order valence-electron chi connectivity index (χ3n) is 4.99. The van der Waals surface area contributed by atoms with Gasteiger partial charge in [-0.05, 0) is 57.9 Å². The molecule has 5 nitrogen and oxygen atoms in total. The molecule has 0 aliphatic carbocycles. The quantitative estimate of drug-likeness (QED) is 0.835. The van der Waals surface area contributed by atoms with Crippen LogP contribution in [-0.2, 0) is 4.79 Å². The second-order valence-corrected chi connectivity index (χ2v) is 8.08. The third kappa shape index (κ3) is 3.88. The Balaban J connectivity index is 1.90. The van der Waals surface area contributed by atoms with E-state index >= 15 is 0 Å². The molecule has 148 valence electrons. The molecule has 0 bridgehead atoms. The van der Waals surface area contributed by atoms with Crippen molar-refractivity contribution in [3.63, 3.8) is 0 Å². The topological polar surface area (TPSA) is 58.6 Å². The fraction of sp³-hybridized carbons (Fsp3) is 0.391. The van der Waals surface area contributed by atoms with Crippen molar-refractivity contribution in [2.45, 2.75) is 41.0 Å². The number of carbonyl (C=O) groups is 2. The molecule has 0 saturated carbocycles. The van der Waals surface area contributed by atoms with E-state index in [0.29, 0.717) is 30.2 Å². The lowest BCUT2D eigenvalue weighted by Gasteiger charge is -2.27. The number of aryl methyl sites for hydroxylation is 2. The van der Waals surface area contributed by atoms with Crippen molar-refractivity contribution >= 4 is 23.2 Å². The number of carbonyl (C=O) groups excluding carboxylic acids is 2. The van der Waals surface area contributed by atoms with E-state index in [1.165, 1.54) is 0 Å². The van der Waals surface area contributed by atoms with Gasteiger partial charge in [0.2, 0.25) is 5.91 Å². The maximum absolute atomic E-state index is 12.9. The smallest absolute Gasteiger partial charge is 0.255 e. The van der Waals surface area contributed by atoms with E-state index in [1.54, 1.807) is 11.0 Å². The second kappa shape index (κ2) is 7.66. The first-order valence-electron chi connectivity index (χ1n) is 9.70. The molecule has 1 aliphatic rings. The van der Waals surface area contributed by atoms with Crippen molar-refractivity contribution in [1.29, 1.82) is 0 Å². The summed E-state index contributed by atoms with van der Waals surface area (Å²) < 4.78 is 5.96. The van der Waals surface area contributed by atoms with Gasteiger partial charge in [0, 0.05) is 23.9 Å². The van der Waals surface area contributed by atoms with Crippen LogP contribution in [0.1, 0.15) is 48.7 Å². The average molecular weight is 380 g/mol. The first kappa shape index (κ1) is 19.9. The molecule has 0 spiro atoms. The Labute approximate surface area is 166 Å². The zero-order valence-electron chi connectivity index (χ0n) is 17.3. The number of amides is 2. The molecule has 1 N–H and O–H groups in total. The molecule has 3 rings (SSSR count). The van der Waals surface area contributed by atoms with Gasteiger partial charge in [-0.15, -0.1) is 0 Å². The molecule has 2 aromatic rings. The summed E-state index contributed by atoms with van der Waals surface area (Å²) in [7, 11) is 0. The van der Waals surface area contributed by atoms with Crippen LogP contribution in [0.2, 0.25) is 0 Å². The van der Waals surface area contributed by atoms with Crippen LogP contribution in [0.15, 0.2) is 36.4 Å². The lowest BCUT2D eigenvalue weighted by molar-refractivity contribution is -0.127. The highest BCUT2D eigenvalue weighted by Crippen LogP contribution is 2.38. The van der Waals surface area contributed by atoms with Gasteiger partial charge < -0.3 is 15.0 Å². The Morgan fingerprint density at radius 1 is 1.18 bits per heavy atom. The Morgan fingerprint density at radius 2 is 1.93 bits per heavy atom.